The number of aromatic nitrogens is 1. The van der Waals surface area contributed by atoms with Gasteiger partial charge in [-0.1, -0.05) is 0 Å². The molecule has 0 saturated carbocycles. The van der Waals surface area contributed by atoms with Crippen LogP contribution in [0.15, 0.2) is 47.5 Å². The van der Waals surface area contributed by atoms with Crippen molar-refractivity contribution in [3.63, 3.8) is 0 Å². The average Bonchev–Trinajstić information content (AvgIpc) is 2.44. The minimum atomic E-state index is -1.26. The van der Waals surface area contributed by atoms with Gasteiger partial charge in [-0.05, 0) is 12.1 Å². The van der Waals surface area contributed by atoms with Gasteiger partial charge in [0.2, 0.25) is 0 Å². The summed E-state index contributed by atoms with van der Waals surface area (Å²) in [6.07, 6.45) is 4.16. The first-order valence-electron chi connectivity index (χ1n) is 4.06. The Morgan fingerprint density at radius 3 is 2.12 bits per heavy atom. The lowest BCUT2D eigenvalue weighted by molar-refractivity contribution is -0.134. The van der Waals surface area contributed by atoms with Crippen molar-refractivity contribution in [1.82, 2.24) is 4.98 Å². The Labute approximate surface area is 90.5 Å². The van der Waals surface area contributed by atoms with Gasteiger partial charge in [0.15, 0.2) is 5.43 Å². The maximum absolute atomic E-state index is 10.4. The van der Waals surface area contributed by atoms with Gasteiger partial charge in [-0.3, -0.25) is 9.78 Å². The predicted molar refractivity (Wildman–Crippen MR) is 54.9 cm³/mol. The standard InChI is InChI=1S/C6H5NO.C4H4O4/c8-6-2-1-4-7-5-3-6;5-3(6)1-2-4(7)8/h1-5H;1-2H,(H,5,6)(H,7,8)/b;2-1-. The van der Waals surface area contributed by atoms with E-state index in [0.717, 1.165) is 0 Å². The third-order valence-electron chi connectivity index (χ3n) is 1.13. The zero-order valence-corrected chi connectivity index (χ0v) is 8.11. The van der Waals surface area contributed by atoms with Crippen molar-refractivity contribution >= 4 is 11.9 Å². The number of carboxylic acids is 2. The van der Waals surface area contributed by atoms with Gasteiger partial charge < -0.3 is 10.2 Å². The molecule has 6 nitrogen and oxygen atoms in total. The van der Waals surface area contributed by atoms with Crippen molar-refractivity contribution in [2.45, 2.75) is 0 Å². The summed E-state index contributed by atoms with van der Waals surface area (Å²) in [6.45, 7) is 0. The Morgan fingerprint density at radius 1 is 1.06 bits per heavy atom. The van der Waals surface area contributed by atoms with E-state index >= 15 is 0 Å². The van der Waals surface area contributed by atoms with Gasteiger partial charge in [0, 0.05) is 30.6 Å². The predicted octanol–water partition coefficient (Wildman–Crippen LogP) is 0.154. The van der Waals surface area contributed by atoms with E-state index in [1.807, 2.05) is 0 Å². The lowest BCUT2D eigenvalue weighted by atomic mass is 10.5. The molecule has 1 rings (SSSR count). The van der Waals surface area contributed by atoms with Crippen molar-refractivity contribution in [3.05, 3.63) is 53.0 Å². The second kappa shape index (κ2) is 7.86. The summed E-state index contributed by atoms with van der Waals surface area (Å²) in [5.74, 6) is -2.51. The molecule has 0 aliphatic heterocycles. The zero-order valence-electron chi connectivity index (χ0n) is 8.11. The van der Waals surface area contributed by atoms with Crippen LogP contribution in [-0.2, 0) is 9.59 Å². The fourth-order valence-electron chi connectivity index (χ4n) is 0.552. The molecule has 0 amide bonds. The summed E-state index contributed by atoms with van der Waals surface area (Å²) < 4.78 is 0. The molecule has 1 heterocycles. The van der Waals surface area contributed by atoms with Crippen LogP contribution in [0, 0.1) is 0 Å². The molecule has 1 aromatic heterocycles. The second-order valence-corrected chi connectivity index (χ2v) is 2.39. The van der Waals surface area contributed by atoms with Crippen LogP contribution in [0.2, 0.25) is 0 Å². The number of aliphatic carboxylic acids is 2. The van der Waals surface area contributed by atoms with Crippen LogP contribution in [-0.4, -0.2) is 27.1 Å². The fourth-order valence-corrected chi connectivity index (χ4v) is 0.552. The summed E-state index contributed by atoms with van der Waals surface area (Å²) in [4.78, 5) is 33.2. The topological polar surface area (TPSA) is 105 Å². The normalized spacial score (nSPS) is 9.00. The Morgan fingerprint density at radius 2 is 1.62 bits per heavy atom. The molecule has 84 valence electrons. The number of carbonyl (C=O) groups is 2. The number of carboxylic acid groups (broad SMARTS) is 2. The molecule has 0 unspecified atom stereocenters. The molecule has 0 aliphatic rings. The molecule has 0 aliphatic carbocycles. The Balaban J connectivity index is 0.000000281. The van der Waals surface area contributed by atoms with Gasteiger partial charge in [-0.25, -0.2) is 9.59 Å². The molecule has 0 fully saturated rings. The maximum atomic E-state index is 10.4. The van der Waals surface area contributed by atoms with Crippen molar-refractivity contribution in [2.75, 3.05) is 0 Å². The quantitative estimate of drug-likeness (QED) is 0.691. The molecule has 0 spiro atoms. The van der Waals surface area contributed by atoms with Crippen molar-refractivity contribution in [2.24, 2.45) is 0 Å². The highest BCUT2D eigenvalue weighted by Crippen LogP contribution is 1.70. The van der Waals surface area contributed by atoms with Gasteiger partial charge >= 0.3 is 11.9 Å². The molecule has 0 bridgehead atoms. The first kappa shape index (κ1) is 13.5. The smallest absolute Gasteiger partial charge is 0.328 e. The molecule has 0 saturated heterocycles. The van der Waals surface area contributed by atoms with E-state index in [4.69, 9.17) is 10.2 Å². The highest BCUT2D eigenvalue weighted by atomic mass is 16.4. The van der Waals surface area contributed by atoms with E-state index in [0.29, 0.717) is 12.2 Å². The monoisotopic (exact) mass is 223 g/mol. The molecular formula is C10H9NO5. The fraction of sp³-hybridized carbons (Fsp3) is 0. The molecule has 0 aromatic carbocycles. The average molecular weight is 223 g/mol. The van der Waals surface area contributed by atoms with Gasteiger partial charge in [-0.15, -0.1) is 0 Å². The molecule has 6 heteroatoms. The minimum Gasteiger partial charge on any atom is -0.478 e. The van der Waals surface area contributed by atoms with E-state index in [2.05, 4.69) is 4.98 Å². The summed E-state index contributed by atoms with van der Waals surface area (Å²) >= 11 is 0. The first-order valence-corrected chi connectivity index (χ1v) is 4.06. The lowest BCUT2D eigenvalue weighted by Crippen LogP contribution is -1.91. The van der Waals surface area contributed by atoms with Crippen molar-refractivity contribution in [3.8, 4) is 0 Å². The van der Waals surface area contributed by atoms with Crippen LogP contribution >= 0.6 is 0 Å². The zero-order chi connectivity index (χ0) is 12.4. The number of nitrogens with zero attached hydrogens (tertiary/aromatic N) is 1. The highest BCUT2D eigenvalue weighted by molar-refractivity contribution is 5.89. The summed E-state index contributed by atoms with van der Waals surface area (Å²) in [6, 6.07) is 4.50. The van der Waals surface area contributed by atoms with E-state index in [1.165, 1.54) is 18.3 Å². The van der Waals surface area contributed by atoms with Crippen molar-refractivity contribution in [1.29, 1.82) is 0 Å². The number of rotatable bonds is 2. The minimum absolute atomic E-state index is 0.0116. The number of hydrogen-bond acceptors (Lipinski definition) is 4. The molecule has 1 aromatic rings. The molecule has 0 radical (unpaired) electrons. The van der Waals surface area contributed by atoms with Crippen LogP contribution in [0.5, 0.6) is 0 Å². The van der Waals surface area contributed by atoms with Crippen molar-refractivity contribution < 1.29 is 19.8 Å². The molecule has 16 heavy (non-hydrogen) atoms. The van der Waals surface area contributed by atoms with Gasteiger partial charge in [0.25, 0.3) is 0 Å². The largest absolute Gasteiger partial charge is 0.478 e. The van der Waals surface area contributed by atoms with E-state index < -0.39 is 11.9 Å². The Kier molecular flexibility index (Phi) is 6.63. The van der Waals surface area contributed by atoms with E-state index in [9.17, 15) is 14.4 Å². The molecule has 0 atom stereocenters. The summed E-state index contributed by atoms with van der Waals surface area (Å²) in [7, 11) is 0. The van der Waals surface area contributed by atoms with Gasteiger partial charge in [0.05, 0.1) is 0 Å². The van der Waals surface area contributed by atoms with E-state index in [-0.39, 0.29) is 5.43 Å². The highest BCUT2D eigenvalue weighted by Gasteiger charge is 1.88. The lowest BCUT2D eigenvalue weighted by Gasteiger charge is -1.74. The molecular weight excluding hydrogens is 214 g/mol. The van der Waals surface area contributed by atoms with Crippen LogP contribution in [0.3, 0.4) is 0 Å². The number of hydrogen-bond donors (Lipinski definition) is 2. The summed E-state index contributed by atoms with van der Waals surface area (Å²) in [5, 5.41) is 15.6. The van der Waals surface area contributed by atoms with Gasteiger partial charge in [-0.2, -0.15) is 0 Å². The van der Waals surface area contributed by atoms with Crippen LogP contribution in [0.25, 0.3) is 0 Å². The maximum Gasteiger partial charge on any atom is 0.328 e. The summed E-state index contributed by atoms with van der Waals surface area (Å²) in [5.41, 5.74) is -0.0116. The second-order valence-electron chi connectivity index (χ2n) is 2.39. The SMILES string of the molecule is O=C(O)/C=C\C(=O)O.O=c1cccncc1. The van der Waals surface area contributed by atoms with Crippen LogP contribution in [0.1, 0.15) is 0 Å². The molecule has 2 N–H and O–H groups in total. The first-order chi connectivity index (χ1) is 7.52. The Hall–Kier alpha value is -2.50. The third-order valence-corrected chi connectivity index (χ3v) is 1.13. The third kappa shape index (κ3) is 9.59. The Bertz CT molecular complexity index is 403. The van der Waals surface area contributed by atoms with E-state index in [1.54, 1.807) is 12.3 Å². The van der Waals surface area contributed by atoms with Crippen LogP contribution in [0.4, 0.5) is 0 Å². The van der Waals surface area contributed by atoms with Crippen LogP contribution < -0.4 is 5.43 Å². The van der Waals surface area contributed by atoms with Gasteiger partial charge in [0.1, 0.15) is 0 Å².